The number of sulfonamides is 2. The molecule has 2 aromatic heterocycles. The second-order valence-corrected chi connectivity index (χ2v) is 37.5. The minimum absolute atomic E-state index is 0.0363. The van der Waals surface area contributed by atoms with Gasteiger partial charge < -0.3 is 38.2 Å². The lowest BCUT2D eigenvalue weighted by Crippen LogP contribution is -2.47. The minimum atomic E-state index is -3.88. The van der Waals surface area contributed by atoms with Gasteiger partial charge in [0.25, 0.3) is 0 Å². The maximum Gasteiger partial charge on any atom is 0.307 e. The van der Waals surface area contributed by atoms with Crippen molar-refractivity contribution in [2.75, 3.05) is 27.3 Å². The molecular weight excluding hydrogens is 1440 g/mol. The van der Waals surface area contributed by atoms with Crippen LogP contribution in [0.4, 0.5) is 8.78 Å². The molecule has 4 aliphatic heterocycles. The van der Waals surface area contributed by atoms with Crippen LogP contribution >= 0.6 is 0 Å². The molecule has 108 heavy (non-hydrogen) atoms. The standard InChI is InChI=1S/2C40H52FN3O9S/c2*1-23-9-7-8-10-25-20-40(25,38(48)43-54(49,50)28-11-12-28)21-33(45)32-18-27(52-36-31-16-26(41)17-34(51-6)29(31)13-14-42-36)22-44(32)37(47)30(24(2)15-23)19-35(46)53-39(3,4)5/h2*8,10,13-14,16-17,23-25,27-28,30,32H,7,9,11-12,15,18-22H2,1-6H3,(H,43,48)/b2*10-8-/t23-,24+,25+,27+,30-,32-,40+;23-,24-,25-,27-,30+,32+,40-/m01/s1. The van der Waals surface area contributed by atoms with E-state index in [1.165, 1.54) is 60.7 Å². The third-order valence-corrected chi connectivity index (χ3v) is 26.1. The number of methoxy groups -OCH3 is 2. The topological polar surface area (TPSA) is 317 Å². The summed E-state index contributed by atoms with van der Waals surface area (Å²) in [6.45, 7) is 18.5. The number of halogens is 2. The van der Waals surface area contributed by atoms with Gasteiger partial charge in [0.2, 0.25) is 55.4 Å². The normalized spacial score (nSPS) is 30.0. The van der Waals surface area contributed by atoms with Crippen molar-refractivity contribution >= 4 is 88.7 Å². The van der Waals surface area contributed by atoms with Crippen LogP contribution in [0.5, 0.6) is 23.3 Å². The van der Waals surface area contributed by atoms with Gasteiger partial charge >= 0.3 is 11.9 Å². The number of esters is 2. The van der Waals surface area contributed by atoms with Gasteiger partial charge in [-0.2, -0.15) is 0 Å². The molecule has 4 saturated carbocycles. The Kier molecular flexibility index (Phi) is 24.0. The number of allylic oxidation sites excluding steroid dienone is 4. The van der Waals surface area contributed by atoms with E-state index < -0.39 is 147 Å². The Morgan fingerprint density at radius 2 is 0.917 bits per heavy atom. The maximum atomic E-state index is 14.8. The Morgan fingerprint density at radius 1 is 0.546 bits per heavy atom. The number of nitrogens with zero attached hydrogens (tertiary/aromatic N) is 4. The number of ether oxygens (including phenoxy) is 6. The largest absolute Gasteiger partial charge is 0.496 e. The summed E-state index contributed by atoms with van der Waals surface area (Å²) in [6.07, 6.45) is 15.2. The van der Waals surface area contributed by atoms with Gasteiger partial charge in [0.15, 0.2) is 11.6 Å². The second kappa shape index (κ2) is 32.1. The highest BCUT2D eigenvalue weighted by molar-refractivity contribution is 7.91. The molecule has 4 aliphatic carbocycles. The van der Waals surface area contributed by atoms with Crippen molar-refractivity contribution < 1.29 is 92.4 Å². The van der Waals surface area contributed by atoms with Crippen LogP contribution in [0.1, 0.15) is 185 Å². The Balaban J connectivity index is 0.000000215. The maximum absolute atomic E-state index is 14.8. The number of fused-ring (bicyclic) bond motifs is 6. The number of pyridine rings is 2. The molecule has 14 atom stereocenters. The molecule has 2 saturated heterocycles. The Morgan fingerprint density at radius 3 is 1.26 bits per heavy atom. The number of rotatable bonds is 16. The van der Waals surface area contributed by atoms with E-state index in [4.69, 9.17) is 28.4 Å². The van der Waals surface area contributed by atoms with Gasteiger partial charge in [-0.3, -0.25) is 47.8 Å². The van der Waals surface area contributed by atoms with E-state index in [1.54, 1.807) is 53.7 Å². The summed E-state index contributed by atoms with van der Waals surface area (Å²) in [5.74, 6) is -6.91. The summed E-state index contributed by atoms with van der Waals surface area (Å²) < 4.78 is 120. The molecule has 6 heterocycles. The van der Waals surface area contributed by atoms with Crippen LogP contribution in [0.15, 0.2) is 73.1 Å². The summed E-state index contributed by atoms with van der Waals surface area (Å²) >= 11 is 0. The van der Waals surface area contributed by atoms with Crippen molar-refractivity contribution in [2.24, 2.45) is 58.2 Å². The summed E-state index contributed by atoms with van der Waals surface area (Å²) in [5, 5.41) is 0.582. The number of carbonyl (C=O) groups is 8. The minimum Gasteiger partial charge on any atom is -0.496 e. The van der Waals surface area contributed by atoms with Crippen molar-refractivity contribution in [3.8, 4) is 23.3 Å². The Hall–Kier alpha value is -8.14. The average Bonchev–Trinajstić information content (AvgIpc) is 1.57. The first kappa shape index (κ1) is 80.9. The third kappa shape index (κ3) is 19.0. The highest BCUT2D eigenvalue weighted by Crippen LogP contribution is 2.59. The summed E-state index contributed by atoms with van der Waals surface area (Å²) in [5.41, 5.74) is -4.12. The first-order chi connectivity index (χ1) is 50.8. The zero-order chi connectivity index (χ0) is 78.3. The molecule has 4 amide bonds. The van der Waals surface area contributed by atoms with Gasteiger partial charge in [-0.1, -0.05) is 52.0 Å². The average molecular weight is 1540 g/mol. The van der Waals surface area contributed by atoms with E-state index in [-0.39, 0.29) is 110 Å². The van der Waals surface area contributed by atoms with Crippen LogP contribution in [-0.2, 0) is 67.9 Å². The smallest absolute Gasteiger partial charge is 0.307 e. The van der Waals surface area contributed by atoms with Crippen molar-refractivity contribution in [3.63, 3.8) is 0 Å². The third-order valence-electron chi connectivity index (χ3n) is 22.5. The highest BCUT2D eigenvalue weighted by atomic mass is 32.2. The zero-order valence-corrected chi connectivity index (χ0v) is 65.5. The second-order valence-electron chi connectivity index (χ2n) is 33.6. The fourth-order valence-corrected chi connectivity index (χ4v) is 19.1. The molecule has 6 fully saturated rings. The van der Waals surface area contributed by atoms with Gasteiger partial charge in [-0.25, -0.2) is 35.6 Å². The number of carbonyl (C=O) groups excluding carboxylic acids is 8. The molecule has 4 aromatic rings. The van der Waals surface area contributed by atoms with E-state index in [0.29, 0.717) is 85.8 Å². The lowest BCUT2D eigenvalue weighted by atomic mass is 9.82. The SMILES string of the molecule is COc1cc(F)cc2c(O[C@@H]3C[C@H]4C(=O)C[C@]5(C(=O)NS(=O)(=O)C6CC6)C[C@H]5/C=C\CC[C@@H](C)C[C@@H](C)[C@H](CC(=O)OC(C)(C)C)C(=O)N4C3)nccc12.COc1cc(F)cc2c(O[C@@H]3C[C@H]4C(=O)C[C@]5(C(=O)NS(=O)(=O)C6CC6)C[C@H]5/C=C\CC[C@H](C)C[C@@H](C)[C@H](CC(=O)OC(C)(C)C)C(=O)N4C3)nccc12. The summed E-state index contributed by atoms with van der Waals surface area (Å²) in [6, 6.07) is 6.32. The van der Waals surface area contributed by atoms with E-state index >= 15 is 0 Å². The molecule has 24 nitrogen and oxygen atoms in total. The van der Waals surface area contributed by atoms with E-state index in [1.807, 2.05) is 38.2 Å². The van der Waals surface area contributed by atoms with Crippen LogP contribution in [-0.4, -0.2) is 157 Å². The van der Waals surface area contributed by atoms with Crippen molar-refractivity contribution in [1.29, 1.82) is 0 Å². The number of aromatic nitrogens is 2. The first-order valence-electron chi connectivity index (χ1n) is 37.9. The van der Waals surface area contributed by atoms with Gasteiger partial charge in [0, 0.05) is 61.0 Å². The van der Waals surface area contributed by atoms with Crippen molar-refractivity contribution in [3.05, 3.63) is 84.7 Å². The van der Waals surface area contributed by atoms with Crippen LogP contribution in [0.3, 0.4) is 0 Å². The molecule has 588 valence electrons. The van der Waals surface area contributed by atoms with Gasteiger partial charge in [0.1, 0.15) is 46.5 Å². The molecule has 28 heteroatoms. The van der Waals surface area contributed by atoms with Crippen LogP contribution in [0.2, 0.25) is 0 Å². The number of amides is 4. The van der Waals surface area contributed by atoms with Gasteiger partial charge in [0.05, 0.1) is 96.2 Å². The molecule has 0 unspecified atom stereocenters. The van der Waals surface area contributed by atoms with Gasteiger partial charge in [-0.05, 0) is 178 Å². The molecule has 12 rings (SSSR count). The summed E-state index contributed by atoms with van der Waals surface area (Å²) in [7, 11) is -4.90. The first-order valence-corrected chi connectivity index (χ1v) is 41.0. The monoisotopic (exact) mass is 1540 g/mol. The Bertz CT molecular complexity index is 4160. The molecule has 0 bridgehead atoms. The van der Waals surface area contributed by atoms with E-state index in [0.717, 1.165) is 12.8 Å². The Labute approximate surface area is 631 Å². The van der Waals surface area contributed by atoms with Gasteiger partial charge in [-0.15, -0.1) is 0 Å². The zero-order valence-electron chi connectivity index (χ0n) is 63.9. The lowest BCUT2D eigenvalue weighted by molar-refractivity contribution is -0.160. The number of hydrogen-bond donors (Lipinski definition) is 2. The quantitative estimate of drug-likeness (QED) is 0.0777. The predicted octanol–water partition coefficient (Wildman–Crippen LogP) is 11.3. The molecule has 8 aliphatic rings. The number of hydrogen-bond acceptors (Lipinski definition) is 20. The fourth-order valence-electron chi connectivity index (χ4n) is 16.3. The number of benzene rings is 2. The predicted molar refractivity (Wildman–Crippen MR) is 397 cm³/mol. The molecule has 0 radical (unpaired) electrons. The molecule has 2 N–H and O–H groups in total. The van der Waals surface area contributed by atoms with Crippen molar-refractivity contribution in [2.45, 2.75) is 231 Å². The summed E-state index contributed by atoms with van der Waals surface area (Å²) in [4.78, 5) is 125. The highest BCUT2D eigenvalue weighted by Gasteiger charge is 2.63. The number of nitrogens with one attached hydrogen (secondary N) is 2. The molecule has 0 spiro atoms. The fraction of sp³-hybridized carbons (Fsp3) is 0.625. The van der Waals surface area contributed by atoms with Crippen LogP contribution in [0, 0.1) is 69.8 Å². The lowest BCUT2D eigenvalue weighted by Gasteiger charge is -2.32. The molecule has 2 aromatic carbocycles. The number of Topliss-reactive ketones (excluding diaryl/α,β-unsaturated/α-hetero) is 2. The van der Waals surface area contributed by atoms with E-state index in [9.17, 15) is 64.0 Å². The van der Waals surface area contributed by atoms with Crippen LogP contribution in [0.25, 0.3) is 21.5 Å². The van der Waals surface area contributed by atoms with E-state index in [2.05, 4.69) is 33.3 Å². The number of ketones is 2. The van der Waals surface area contributed by atoms with Crippen molar-refractivity contribution in [1.82, 2.24) is 29.2 Å². The van der Waals surface area contributed by atoms with Crippen LogP contribution < -0.4 is 28.4 Å². The molecular formula is C80H104F2N6O18S2.